The molecule has 0 bridgehead atoms. The third-order valence-corrected chi connectivity index (χ3v) is 2.27. The van der Waals surface area contributed by atoms with Gasteiger partial charge in [0.05, 0.1) is 5.56 Å². The van der Waals surface area contributed by atoms with E-state index in [4.69, 9.17) is 10.3 Å². The number of nitrogens with one attached hydrogen (secondary N) is 1. The van der Waals surface area contributed by atoms with Crippen LogP contribution in [0.15, 0.2) is 29.0 Å². The van der Waals surface area contributed by atoms with Gasteiger partial charge in [-0.25, -0.2) is 9.37 Å². The Kier molecular flexibility index (Phi) is 2.26. The Labute approximate surface area is 99.9 Å². The highest BCUT2D eigenvalue weighted by Gasteiger charge is 2.15. The van der Waals surface area contributed by atoms with E-state index >= 15 is 0 Å². The molecular weight excluding hydrogens is 239 g/mol. The quantitative estimate of drug-likeness (QED) is 0.659. The second-order valence-electron chi connectivity index (χ2n) is 3.50. The van der Waals surface area contributed by atoms with E-state index in [1.165, 1.54) is 24.5 Å². The molecule has 0 aliphatic rings. The van der Waals surface area contributed by atoms with Crippen LogP contribution in [0.3, 0.4) is 0 Å². The van der Waals surface area contributed by atoms with Crippen molar-refractivity contribution in [2.45, 2.75) is 0 Å². The van der Waals surface area contributed by atoms with Gasteiger partial charge in [0.15, 0.2) is 5.82 Å². The Bertz CT molecular complexity index is 678. The lowest BCUT2D eigenvalue weighted by atomic mass is 10.2. The van der Waals surface area contributed by atoms with Gasteiger partial charge in [0.1, 0.15) is 12.1 Å². The van der Waals surface area contributed by atoms with E-state index in [2.05, 4.69) is 25.3 Å². The van der Waals surface area contributed by atoms with Crippen molar-refractivity contribution in [3.63, 3.8) is 0 Å². The van der Waals surface area contributed by atoms with Crippen molar-refractivity contribution in [1.82, 2.24) is 25.3 Å². The van der Waals surface area contributed by atoms with Gasteiger partial charge in [-0.3, -0.25) is 5.10 Å². The Morgan fingerprint density at radius 2 is 2.22 bits per heavy atom. The lowest BCUT2D eigenvalue weighted by molar-refractivity contribution is 0.429. The van der Waals surface area contributed by atoms with Crippen LogP contribution in [0.5, 0.6) is 0 Å². The first-order valence-electron chi connectivity index (χ1n) is 4.99. The number of anilines is 1. The van der Waals surface area contributed by atoms with Crippen molar-refractivity contribution < 1.29 is 8.91 Å². The van der Waals surface area contributed by atoms with Crippen molar-refractivity contribution in [1.29, 1.82) is 0 Å². The van der Waals surface area contributed by atoms with Crippen LogP contribution in [0, 0.1) is 5.82 Å². The summed E-state index contributed by atoms with van der Waals surface area (Å²) in [6.45, 7) is 0. The number of nitrogens with two attached hydrogens (primary N) is 1. The highest BCUT2D eigenvalue weighted by Crippen LogP contribution is 2.24. The number of halogens is 1. The third kappa shape index (κ3) is 1.69. The number of rotatable bonds is 2. The van der Waals surface area contributed by atoms with Crippen LogP contribution >= 0.6 is 0 Å². The summed E-state index contributed by atoms with van der Waals surface area (Å²) in [7, 11) is 0. The predicted octanol–water partition coefficient (Wildman–Crippen LogP) is 1.24. The molecule has 0 spiro atoms. The number of nitrogen functional groups attached to an aromatic ring is 1. The van der Waals surface area contributed by atoms with Gasteiger partial charge in [0.25, 0.3) is 5.89 Å². The smallest absolute Gasteiger partial charge is 0.261 e. The van der Waals surface area contributed by atoms with Gasteiger partial charge in [0, 0.05) is 5.69 Å². The summed E-state index contributed by atoms with van der Waals surface area (Å²) in [5, 5.41) is 9.92. The van der Waals surface area contributed by atoms with E-state index in [1.807, 2.05) is 0 Å². The van der Waals surface area contributed by atoms with Gasteiger partial charge in [-0.1, -0.05) is 5.16 Å². The SMILES string of the molecule is Nc1ccc(F)c(-c2nc(-c3ncn[nH]3)no2)c1. The second kappa shape index (κ2) is 3.91. The van der Waals surface area contributed by atoms with Gasteiger partial charge in [-0.15, -0.1) is 0 Å². The van der Waals surface area contributed by atoms with Crippen molar-refractivity contribution in [3.8, 4) is 23.1 Å². The third-order valence-electron chi connectivity index (χ3n) is 2.27. The van der Waals surface area contributed by atoms with Crippen molar-refractivity contribution in [2.75, 3.05) is 5.73 Å². The molecule has 0 saturated carbocycles. The van der Waals surface area contributed by atoms with Crippen LogP contribution in [-0.2, 0) is 0 Å². The molecule has 0 fully saturated rings. The first-order chi connectivity index (χ1) is 8.74. The van der Waals surface area contributed by atoms with E-state index in [9.17, 15) is 4.39 Å². The number of aromatic nitrogens is 5. The average molecular weight is 246 g/mol. The Hall–Kier alpha value is -2.77. The van der Waals surface area contributed by atoms with Gasteiger partial charge >= 0.3 is 0 Å². The Morgan fingerprint density at radius 1 is 1.33 bits per heavy atom. The summed E-state index contributed by atoms with van der Waals surface area (Å²) >= 11 is 0. The molecule has 0 atom stereocenters. The largest absolute Gasteiger partial charge is 0.399 e. The van der Waals surface area contributed by atoms with Crippen LogP contribution in [0.1, 0.15) is 0 Å². The molecule has 0 unspecified atom stereocenters. The number of hydrogen-bond acceptors (Lipinski definition) is 6. The molecule has 2 aromatic heterocycles. The highest BCUT2D eigenvalue weighted by molar-refractivity contribution is 5.61. The van der Waals surface area contributed by atoms with Crippen LogP contribution in [0.2, 0.25) is 0 Å². The standard InChI is InChI=1S/C10H7FN6O/c11-7-2-1-5(12)3-6(7)10-15-9(17-18-10)8-13-4-14-16-8/h1-4H,12H2,(H,13,14,16). The van der Waals surface area contributed by atoms with Crippen molar-refractivity contribution in [3.05, 3.63) is 30.3 Å². The molecule has 18 heavy (non-hydrogen) atoms. The monoisotopic (exact) mass is 246 g/mol. The molecule has 0 amide bonds. The summed E-state index contributed by atoms with van der Waals surface area (Å²) in [5.74, 6) is 0.0850. The van der Waals surface area contributed by atoms with Gasteiger partial charge < -0.3 is 10.3 Å². The maximum Gasteiger partial charge on any atom is 0.261 e. The normalized spacial score (nSPS) is 10.7. The van der Waals surface area contributed by atoms with Crippen LogP contribution in [-0.4, -0.2) is 25.3 Å². The highest BCUT2D eigenvalue weighted by atomic mass is 19.1. The van der Waals surface area contributed by atoms with Gasteiger partial charge in [0.2, 0.25) is 5.82 Å². The molecule has 3 rings (SSSR count). The van der Waals surface area contributed by atoms with Crippen molar-refractivity contribution in [2.24, 2.45) is 0 Å². The molecule has 0 aliphatic carbocycles. The van der Waals surface area contributed by atoms with Crippen LogP contribution in [0.25, 0.3) is 23.1 Å². The van der Waals surface area contributed by atoms with Crippen LogP contribution < -0.4 is 5.73 Å². The number of hydrogen-bond donors (Lipinski definition) is 2. The fourth-order valence-electron chi connectivity index (χ4n) is 1.45. The summed E-state index contributed by atoms with van der Waals surface area (Å²) in [6, 6.07) is 4.11. The maximum absolute atomic E-state index is 13.6. The lowest BCUT2D eigenvalue weighted by Crippen LogP contribution is -1.90. The molecule has 1 aromatic carbocycles. The van der Waals surface area contributed by atoms with Gasteiger partial charge in [-0.2, -0.15) is 10.1 Å². The van der Waals surface area contributed by atoms with Gasteiger partial charge in [-0.05, 0) is 18.2 Å². The molecule has 0 saturated heterocycles. The summed E-state index contributed by atoms with van der Waals surface area (Å²) < 4.78 is 18.6. The maximum atomic E-state index is 13.6. The zero-order valence-corrected chi connectivity index (χ0v) is 8.96. The zero-order valence-electron chi connectivity index (χ0n) is 8.96. The minimum Gasteiger partial charge on any atom is -0.399 e. The number of nitrogens with zero attached hydrogens (tertiary/aromatic N) is 4. The fourth-order valence-corrected chi connectivity index (χ4v) is 1.45. The summed E-state index contributed by atoms with van der Waals surface area (Å²) in [6.07, 6.45) is 1.31. The van der Waals surface area contributed by atoms with E-state index < -0.39 is 5.82 Å². The number of H-pyrrole nitrogens is 1. The molecule has 90 valence electrons. The number of aromatic amines is 1. The fraction of sp³-hybridized carbons (Fsp3) is 0. The molecule has 3 aromatic rings. The lowest BCUT2D eigenvalue weighted by Gasteiger charge is -1.98. The summed E-state index contributed by atoms with van der Waals surface area (Å²) in [5.41, 5.74) is 6.14. The Balaban J connectivity index is 2.05. The molecule has 0 aliphatic heterocycles. The molecule has 0 radical (unpaired) electrons. The molecule has 2 heterocycles. The number of benzene rings is 1. The summed E-state index contributed by atoms with van der Waals surface area (Å²) in [4.78, 5) is 7.88. The van der Waals surface area contributed by atoms with Crippen molar-refractivity contribution >= 4 is 5.69 Å². The minimum absolute atomic E-state index is 0.0335. The Morgan fingerprint density at radius 3 is 3.00 bits per heavy atom. The van der Waals surface area contributed by atoms with E-state index in [1.54, 1.807) is 0 Å². The molecular formula is C10H7FN6O. The second-order valence-corrected chi connectivity index (χ2v) is 3.50. The van der Waals surface area contributed by atoms with Crippen LogP contribution in [0.4, 0.5) is 10.1 Å². The van der Waals surface area contributed by atoms with E-state index in [0.29, 0.717) is 11.5 Å². The zero-order chi connectivity index (χ0) is 12.5. The first kappa shape index (κ1) is 10.4. The first-order valence-corrected chi connectivity index (χ1v) is 4.99. The molecule has 8 heteroatoms. The topological polar surface area (TPSA) is 107 Å². The molecule has 7 nitrogen and oxygen atoms in total. The molecule has 3 N–H and O–H groups in total. The minimum atomic E-state index is -0.489. The average Bonchev–Trinajstić information content (AvgIpc) is 3.00. The predicted molar refractivity (Wildman–Crippen MR) is 59.5 cm³/mol. The van der Waals surface area contributed by atoms with E-state index in [0.717, 1.165) is 0 Å². The van der Waals surface area contributed by atoms with E-state index in [-0.39, 0.29) is 17.3 Å².